The number of rotatable bonds is 3. The molecule has 2 aliphatic heterocycles. The first kappa shape index (κ1) is 32.8. The highest BCUT2D eigenvalue weighted by Gasteiger charge is 2.53. The summed E-state index contributed by atoms with van der Waals surface area (Å²) in [4.78, 5) is 7.51. The summed E-state index contributed by atoms with van der Waals surface area (Å²) in [6.07, 6.45) is 0. The molecule has 3 heterocycles. The first-order valence-electron chi connectivity index (χ1n) is 20.3. The number of hydrogen-bond donors (Lipinski definition) is 0. The summed E-state index contributed by atoms with van der Waals surface area (Å²) in [6, 6.07) is 78.5. The number of para-hydroxylation sites is 6. The maximum Gasteiger partial charge on any atom is 0.0755 e. The van der Waals surface area contributed by atoms with Gasteiger partial charge in [-0.05, 0) is 101 Å². The van der Waals surface area contributed by atoms with E-state index in [-0.39, 0.29) is 0 Å². The Morgan fingerprint density at radius 2 is 0.949 bits per heavy atom. The van der Waals surface area contributed by atoms with Crippen molar-refractivity contribution in [3.8, 4) is 16.8 Å². The SMILES string of the molecule is c1ccc(N2c3ccccc3C3(c4ccccc4-c4c3ccc3c4N(c4ccc5c6ccccc6n(-c6ccccc6)c5c4)c4ccccc4S3)c3ccccc32)cc1. The zero-order valence-electron chi connectivity index (χ0n) is 32.0. The third kappa shape index (κ3) is 4.39. The van der Waals surface area contributed by atoms with Gasteiger partial charge in [-0.25, -0.2) is 0 Å². The summed E-state index contributed by atoms with van der Waals surface area (Å²) in [6.45, 7) is 0. The fourth-order valence-corrected chi connectivity index (χ4v) is 11.6. The average Bonchev–Trinajstić information content (AvgIpc) is 3.79. The van der Waals surface area contributed by atoms with Crippen molar-refractivity contribution in [3.05, 3.63) is 235 Å². The molecule has 10 aromatic rings. The third-order valence-corrected chi connectivity index (χ3v) is 13.9. The van der Waals surface area contributed by atoms with Gasteiger partial charge < -0.3 is 14.4 Å². The summed E-state index contributed by atoms with van der Waals surface area (Å²) >= 11 is 1.88. The molecule has 9 aromatic carbocycles. The largest absolute Gasteiger partial charge is 0.310 e. The molecular weight excluding hydrogens is 735 g/mol. The fraction of sp³-hybridized carbons (Fsp3) is 0.0182. The second-order valence-electron chi connectivity index (χ2n) is 15.6. The van der Waals surface area contributed by atoms with E-state index in [0.29, 0.717) is 0 Å². The lowest BCUT2D eigenvalue weighted by Crippen LogP contribution is -2.36. The molecule has 0 atom stereocenters. The van der Waals surface area contributed by atoms with E-state index in [1.165, 1.54) is 87.7 Å². The van der Waals surface area contributed by atoms with Gasteiger partial charge in [-0.2, -0.15) is 0 Å². The number of anilines is 6. The van der Waals surface area contributed by atoms with Crippen molar-refractivity contribution in [1.29, 1.82) is 0 Å². The Morgan fingerprint density at radius 1 is 0.356 bits per heavy atom. The average molecular weight is 770 g/mol. The summed E-state index contributed by atoms with van der Waals surface area (Å²) in [5.74, 6) is 0. The van der Waals surface area contributed by atoms with Crippen LogP contribution >= 0.6 is 11.8 Å². The predicted octanol–water partition coefficient (Wildman–Crippen LogP) is 14.9. The summed E-state index contributed by atoms with van der Waals surface area (Å²) in [7, 11) is 0. The highest BCUT2D eigenvalue weighted by atomic mass is 32.2. The molecule has 276 valence electrons. The monoisotopic (exact) mass is 769 g/mol. The quantitative estimate of drug-likeness (QED) is 0.177. The molecule has 1 aromatic heterocycles. The van der Waals surface area contributed by atoms with Gasteiger partial charge in [0, 0.05) is 43.2 Å². The Balaban J connectivity index is 1.12. The molecule has 3 nitrogen and oxygen atoms in total. The Hall–Kier alpha value is -7.27. The van der Waals surface area contributed by atoms with E-state index < -0.39 is 5.41 Å². The number of nitrogens with zero attached hydrogens (tertiary/aromatic N) is 3. The lowest BCUT2D eigenvalue weighted by molar-refractivity contribution is 0.752. The van der Waals surface area contributed by atoms with E-state index in [4.69, 9.17) is 0 Å². The number of benzene rings is 9. The molecule has 0 bridgehead atoms. The highest BCUT2D eigenvalue weighted by molar-refractivity contribution is 7.99. The second kappa shape index (κ2) is 12.4. The Bertz CT molecular complexity index is 3280. The third-order valence-electron chi connectivity index (χ3n) is 12.7. The molecule has 0 radical (unpaired) electrons. The van der Waals surface area contributed by atoms with Gasteiger partial charge in [0.25, 0.3) is 0 Å². The van der Waals surface area contributed by atoms with Crippen LogP contribution in [0.3, 0.4) is 0 Å². The van der Waals surface area contributed by atoms with Crippen LogP contribution in [0.5, 0.6) is 0 Å². The van der Waals surface area contributed by atoms with Crippen LogP contribution in [0.1, 0.15) is 22.3 Å². The highest BCUT2D eigenvalue weighted by Crippen LogP contribution is 2.67. The smallest absolute Gasteiger partial charge is 0.0755 e. The van der Waals surface area contributed by atoms with Crippen LogP contribution in [-0.4, -0.2) is 4.57 Å². The minimum absolute atomic E-state index is 0.545. The van der Waals surface area contributed by atoms with E-state index in [2.05, 4.69) is 227 Å². The summed E-state index contributed by atoms with van der Waals surface area (Å²) < 4.78 is 2.42. The molecule has 0 fully saturated rings. The van der Waals surface area contributed by atoms with E-state index >= 15 is 0 Å². The maximum atomic E-state index is 2.55. The second-order valence-corrected chi connectivity index (χ2v) is 16.7. The predicted molar refractivity (Wildman–Crippen MR) is 245 cm³/mol. The standard InChI is InChI=1S/C55H35N3S/c1-3-17-36(18-4-1)56-46-26-12-8-21-39(46)40-32-31-38(35-50(40)56)58-49-29-15-16-30-51(49)59-52-34-33-45-53(54(52)58)41-22-7-9-23-42(41)55(45)43-24-10-13-27-47(43)57(37-19-5-2-6-20-37)48-28-14-11-25-44(48)55/h1-35H. The Labute approximate surface area is 347 Å². The van der Waals surface area contributed by atoms with E-state index in [1.54, 1.807) is 0 Å². The topological polar surface area (TPSA) is 11.4 Å². The fourth-order valence-electron chi connectivity index (χ4n) is 10.5. The zero-order chi connectivity index (χ0) is 38.7. The van der Waals surface area contributed by atoms with Crippen LogP contribution in [0.25, 0.3) is 38.6 Å². The maximum absolute atomic E-state index is 2.55. The Morgan fingerprint density at radius 3 is 1.71 bits per heavy atom. The molecule has 0 N–H and O–H groups in total. The Kier molecular flexibility index (Phi) is 6.87. The van der Waals surface area contributed by atoms with Gasteiger partial charge in [-0.1, -0.05) is 151 Å². The minimum Gasteiger partial charge on any atom is -0.310 e. The number of fused-ring (bicyclic) bond motifs is 15. The molecule has 4 heteroatoms. The zero-order valence-corrected chi connectivity index (χ0v) is 32.8. The normalized spacial score (nSPS) is 14.1. The van der Waals surface area contributed by atoms with Crippen molar-refractivity contribution in [2.45, 2.75) is 15.2 Å². The van der Waals surface area contributed by atoms with Crippen LogP contribution in [-0.2, 0) is 5.41 Å². The molecule has 0 saturated heterocycles. The van der Waals surface area contributed by atoms with Crippen LogP contribution in [0.15, 0.2) is 222 Å². The van der Waals surface area contributed by atoms with E-state index in [1.807, 2.05) is 11.8 Å². The molecule has 13 rings (SSSR count). The van der Waals surface area contributed by atoms with Crippen molar-refractivity contribution >= 4 is 67.7 Å². The van der Waals surface area contributed by atoms with Gasteiger partial charge in [0.05, 0.1) is 39.2 Å². The molecule has 0 saturated carbocycles. The lowest BCUT2D eigenvalue weighted by Gasteiger charge is -2.45. The number of hydrogen-bond acceptors (Lipinski definition) is 3. The molecule has 59 heavy (non-hydrogen) atoms. The van der Waals surface area contributed by atoms with Crippen LogP contribution in [0.4, 0.5) is 34.1 Å². The van der Waals surface area contributed by atoms with Crippen molar-refractivity contribution in [2.24, 2.45) is 0 Å². The molecule has 3 aliphatic rings. The van der Waals surface area contributed by atoms with Crippen LogP contribution < -0.4 is 9.80 Å². The molecule has 1 spiro atoms. The van der Waals surface area contributed by atoms with E-state index in [9.17, 15) is 0 Å². The number of aromatic nitrogens is 1. The molecule has 1 aliphatic carbocycles. The van der Waals surface area contributed by atoms with Crippen molar-refractivity contribution in [3.63, 3.8) is 0 Å². The van der Waals surface area contributed by atoms with Gasteiger partial charge in [0.15, 0.2) is 0 Å². The first-order valence-corrected chi connectivity index (χ1v) is 21.1. The van der Waals surface area contributed by atoms with Gasteiger partial charge in [-0.15, -0.1) is 0 Å². The van der Waals surface area contributed by atoms with Gasteiger partial charge in [-0.3, -0.25) is 0 Å². The van der Waals surface area contributed by atoms with Crippen LogP contribution in [0, 0.1) is 0 Å². The van der Waals surface area contributed by atoms with Gasteiger partial charge in [0.1, 0.15) is 0 Å². The van der Waals surface area contributed by atoms with Crippen molar-refractivity contribution < 1.29 is 0 Å². The van der Waals surface area contributed by atoms with E-state index in [0.717, 1.165) is 17.1 Å². The first-order chi connectivity index (χ1) is 29.3. The molecule has 0 unspecified atom stereocenters. The molecular formula is C55H35N3S. The van der Waals surface area contributed by atoms with Crippen LogP contribution in [0.2, 0.25) is 0 Å². The summed E-state index contributed by atoms with van der Waals surface area (Å²) in [5.41, 5.74) is 17.9. The van der Waals surface area contributed by atoms with Gasteiger partial charge >= 0.3 is 0 Å². The van der Waals surface area contributed by atoms with Crippen molar-refractivity contribution in [2.75, 3.05) is 9.80 Å². The van der Waals surface area contributed by atoms with Crippen molar-refractivity contribution in [1.82, 2.24) is 4.57 Å². The minimum atomic E-state index is -0.545. The summed E-state index contributed by atoms with van der Waals surface area (Å²) in [5, 5.41) is 2.50. The van der Waals surface area contributed by atoms with Gasteiger partial charge in [0.2, 0.25) is 0 Å². The molecule has 0 amide bonds. The lowest BCUT2D eigenvalue weighted by atomic mass is 9.64.